The molecular formula is C28H34N4O3S. The first-order valence-corrected chi connectivity index (χ1v) is 13.6. The largest absolute Gasteiger partial charge is 0.496 e. The van der Waals surface area contributed by atoms with E-state index in [0.717, 1.165) is 56.4 Å². The van der Waals surface area contributed by atoms with Crippen LogP contribution >= 0.6 is 11.8 Å². The van der Waals surface area contributed by atoms with Gasteiger partial charge in [-0.05, 0) is 80.4 Å². The Bertz CT molecular complexity index is 1140. The van der Waals surface area contributed by atoms with E-state index in [9.17, 15) is 4.79 Å². The van der Waals surface area contributed by atoms with Crippen LogP contribution in [0.15, 0.2) is 52.4 Å². The van der Waals surface area contributed by atoms with Gasteiger partial charge in [0.25, 0.3) is 5.91 Å². The number of amidine groups is 1. The monoisotopic (exact) mass is 506 g/mol. The number of ether oxygens (including phenoxy) is 2. The lowest BCUT2D eigenvalue weighted by molar-refractivity contribution is -0.122. The number of rotatable bonds is 6. The topological polar surface area (TPSA) is 57.6 Å². The maximum atomic E-state index is 13.2. The van der Waals surface area contributed by atoms with E-state index >= 15 is 0 Å². The Morgan fingerprint density at radius 2 is 1.67 bits per heavy atom. The van der Waals surface area contributed by atoms with E-state index in [1.54, 1.807) is 12.0 Å². The van der Waals surface area contributed by atoms with Gasteiger partial charge in [0.2, 0.25) is 0 Å². The average molecular weight is 507 g/mol. The molecule has 0 saturated carbocycles. The molecule has 190 valence electrons. The summed E-state index contributed by atoms with van der Waals surface area (Å²) < 4.78 is 11.2. The molecule has 8 heteroatoms. The number of morpholine rings is 1. The molecule has 0 bridgehead atoms. The Labute approximate surface area is 217 Å². The van der Waals surface area contributed by atoms with Gasteiger partial charge in [-0.2, -0.15) is 0 Å². The lowest BCUT2D eigenvalue weighted by Gasteiger charge is -2.29. The summed E-state index contributed by atoms with van der Waals surface area (Å²) in [5, 5.41) is 0.705. The molecule has 3 fully saturated rings. The summed E-state index contributed by atoms with van der Waals surface area (Å²) in [6.07, 6.45) is 5.68. The van der Waals surface area contributed by atoms with E-state index in [-0.39, 0.29) is 5.91 Å². The van der Waals surface area contributed by atoms with Crippen molar-refractivity contribution in [3.63, 3.8) is 0 Å². The number of amides is 1. The third kappa shape index (κ3) is 5.39. The summed E-state index contributed by atoms with van der Waals surface area (Å²) in [4.78, 5) is 25.1. The maximum Gasteiger partial charge on any atom is 0.266 e. The molecule has 5 rings (SSSR count). The first kappa shape index (κ1) is 24.7. The van der Waals surface area contributed by atoms with Gasteiger partial charge < -0.3 is 19.3 Å². The Kier molecular flexibility index (Phi) is 7.82. The molecule has 3 aliphatic heterocycles. The van der Waals surface area contributed by atoms with Crippen LogP contribution in [0.2, 0.25) is 0 Å². The molecule has 3 aliphatic rings. The molecule has 0 aliphatic carbocycles. The summed E-state index contributed by atoms with van der Waals surface area (Å²) in [5.74, 6) is 0.763. The Hall–Kier alpha value is -2.97. The third-order valence-corrected chi connectivity index (χ3v) is 7.89. The number of methoxy groups -OCH3 is 1. The van der Waals surface area contributed by atoms with Gasteiger partial charge in [-0.15, -0.1) is 0 Å². The first-order chi connectivity index (χ1) is 17.7. The zero-order valence-electron chi connectivity index (χ0n) is 21.1. The van der Waals surface area contributed by atoms with Crippen molar-refractivity contribution in [3.8, 4) is 5.75 Å². The fourth-order valence-electron chi connectivity index (χ4n) is 4.85. The second-order valence-electron chi connectivity index (χ2n) is 9.14. The minimum Gasteiger partial charge on any atom is -0.496 e. The van der Waals surface area contributed by atoms with Gasteiger partial charge in [-0.3, -0.25) is 9.69 Å². The molecule has 0 N–H and O–H groups in total. The van der Waals surface area contributed by atoms with Crippen LogP contribution in [0.4, 0.5) is 17.1 Å². The Morgan fingerprint density at radius 3 is 2.36 bits per heavy atom. The molecular weight excluding hydrogens is 472 g/mol. The zero-order valence-corrected chi connectivity index (χ0v) is 21.9. The first-order valence-electron chi connectivity index (χ1n) is 12.8. The van der Waals surface area contributed by atoms with Gasteiger partial charge in [0.1, 0.15) is 5.75 Å². The van der Waals surface area contributed by atoms with Crippen LogP contribution in [-0.4, -0.2) is 69.0 Å². The van der Waals surface area contributed by atoms with E-state index in [4.69, 9.17) is 14.5 Å². The van der Waals surface area contributed by atoms with Crippen molar-refractivity contribution in [3.05, 3.63) is 52.9 Å². The Morgan fingerprint density at radius 1 is 0.972 bits per heavy atom. The van der Waals surface area contributed by atoms with Crippen LogP contribution in [0.3, 0.4) is 0 Å². The second-order valence-corrected chi connectivity index (χ2v) is 10.2. The highest BCUT2D eigenvalue weighted by molar-refractivity contribution is 8.18. The van der Waals surface area contributed by atoms with Gasteiger partial charge in [0.15, 0.2) is 5.17 Å². The SMILES string of the molecule is CCN1C(=O)/C(=C/c2ccc(N3CCCCC3)cc2OC)SC1=Nc1ccc(N2CCOCC2)cc1. The molecule has 1 amide bonds. The molecule has 2 aromatic carbocycles. The summed E-state index contributed by atoms with van der Waals surface area (Å²) in [5.41, 5.74) is 4.09. The van der Waals surface area contributed by atoms with Gasteiger partial charge in [0.05, 0.1) is 30.9 Å². The van der Waals surface area contributed by atoms with Crippen molar-refractivity contribution in [2.24, 2.45) is 4.99 Å². The molecule has 0 atom stereocenters. The highest BCUT2D eigenvalue weighted by atomic mass is 32.2. The normalized spacial score (nSPS) is 21.1. The van der Waals surface area contributed by atoms with E-state index in [0.29, 0.717) is 16.6 Å². The molecule has 0 spiro atoms. The minimum absolute atomic E-state index is 0.0200. The van der Waals surface area contributed by atoms with Crippen LogP contribution in [0.5, 0.6) is 5.75 Å². The number of nitrogens with zero attached hydrogens (tertiary/aromatic N) is 4. The second kappa shape index (κ2) is 11.4. The van der Waals surface area contributed by atoms with Crippen LogP contribution in [0, 0.1) is 0 Å². The summed E-state index contributed by atoms with van der Waals surface area (Å²) in [7, 11) is 1.69. The molecule has 2 aromatic rings. The predicted octanol–water partition coefficient (Wildman–Crippen LogP) is 5.15. The number of likely N-dealkylation sites (N-methyl/N-ethyl adjacent to an activating group) is 1. The van der Waals surface area contributed by atoms with Crippen LogP contribution in [-0.2, 0) is 9.53 Å². The van der Waals surface area contributed by atoms with Crippen LogP contribution < -0.4 is 14.5 Å². The fourth-order valence-corrected chi connectivity index (χ4v) is 5.90. The molecule has 3 saturated heterocycles. The number of hydrogen-bond acceptors (Lipinski definition) is 7. The van der Waals surface area contributed by atoms with Crippen molar-refractivity contribution in [2.45, 2.75) is 26.2 Å². The number of benzene rings is 2. The van der Waals surface area contributed by atoms with E-state index in [1.165, 1.54) is 42.4 Å². The van der Waals surface area contributed by atoms with Gasteiger partial charge >= 0.3 is 0 Å². The van der Waals surface area contributed by atoms with Crippen molar-refractivity contribution < 1.29 is 14.3 Å². The predicted molar refractivity (Wildman–Crippen MR) is 149 cm³/mol. The van der Waals surface area contributed by atoms with Crippen molar-refractivity contribution in [1.29, 1.82) is 0 Å². The molecule has 0 unspecified atom stereocenters. The van der Waals surface area contributed by atoms with Gasteiger partial charge in [-0.1, -0.05) is 0 Å². The molecule has 7 nitrogen and oxygen atoms in total. The van der Waals surface area contributed by atoms with Crippen molar-refractivity contribution in [1.82, 2.24) is 4.90 Å². The van der Waals surface area contributed by atoms with Crippen molar-refractivity contribution in [2.75, 3.05) is 62.8 Å². The number of carbonyl (C=O) groups excluding carboxylic acids is 1. The molecule has 36 heavy (non-hydrogen) atoms. The van der Waals surface area contributed by atoms with E-state index in [1.807, 2.05) is 25.1 Å². The van der Waals surface area contributed by atoms with Gasteiger partial charge in [0, 0.05) is 55.7 Å². The number of carbonyl (C=O) groups is 1. The zero-order chi connectivity index (χ0) is 24.9. The lowest BCUT2D eigenvalue weighted by Crippen LogP contribution is -2.36. The number of hydrogen-bond donors (Lipinski definition) is 0. The molecule has 0 aromatic heterocycles. The number of thioether (sulfide) groups is 1. The average Bonchev–Trinajstić information content (AvgIpc) is 3.23. The summed E-state index contributed by atoms with van der Waals surface area (Å²) in [6, 6.07) is 14.5. The highest BCUT2D eigenvalue weighted by Crippen LogP contribution is 2.37. The van der Waals surface area contributed by atoms with Crippen LogP contribution in [0.1, 0.15) is 31.7 Å². The Balaban J connectivity index is 1.35. The highest BCUT2D eigenvalue weighted by Gasteiger charge is 2.32. The maximum absolute atomic E-state index is 13.2. The summed E-state index contributed by atoms with van der Waals surface area (Å²) in [6.45, 7) is 8.03. The van der Waals surface area contributed by atoms with Crippen LogP contribution in [0.25, 0.3) is 6.08 Å². The quantitative estimate of drug-likeness (QED) is 0.506. The van der Waals surface area contributed by atoms with Crippen molar-refractivity contribution >= 4 is 46.0 Å². The molecule has 0 radical (unpaired) electrons. The third-order valence-electron chi connectivity index (χ3n) is 6.88. The fraction of sp³-hybridized carbons (Fsp3) is 0.429. The number of piperidine rings is 1. The van der Waals surface area contributed by atoms with E-state index < -0.39 is 0 Å². The summed E-state index contributed by atoms with van der Waals surface area (Å²) >= 11 is 1.42. The lowest BCUT2D eigenvalue weighted by atomic mass is 10.1. The number of anilines is 2. The minimum atomic E-state index is -0.0200. The number of aliphatic imine (C=N–C) groups is 1. The van der Waals surface area contributed by atoms with E-state index in [2.05, 4.69) is 40.1 Å². The standard InChI is InChI=1S/C28H34N4O3S/c1-3-32-27(33)26(19-21-7-10-24(20-25(21)34-2)30-13-5-4-6-14-30)36-28(32)29-22-8-11-23(12-9-22)31-15-17-35-18-16-31/h7-12,19-20H,3-6,13-18H2,1-2H3/b26-19-,29-28?. The smallest absolute Gasteiger partial charge is 0.266 e. The molecule has 3 heterocycles. The van der Waals surface area contributed by atoms with Gasteiger partial charge in [-0.25, -0.2) is 4.99 Å².